The molecule has 0 radical (unpaired) electrons. The molecule has 2 aromatic carbocycles. The van der Waals surface area contributed by atoms with Crippen molar-refractivity contribution in [2.75, 3.05) is 6.61 Å². The topological polar surface area (TPSA) is 67.4 Å². The number of amides is 2. The first-order valence-electron chi connectivity index (χ1n) is 7.53. The first-order chi connectivity index (χ1) is 11.8. The maximum absolute atomic E-state index is 12.0. The second-order valence-electron chi connectivity index (χ2n) is 5.63. The average Bonchev–Trinajstić information content (AvgIpc) is 2.57. The van der Waals surface area contributed by atoms with Gasteiger partial charge in [-0.3, -0.25) is 20.4 Å². The molecule has 0 aliphatic carbocycles. The van der Waals surface area contributed by atoms with Gasteiger partial charge in [0.25, 0.3) is 11.8 Å². The molecule has 7 heteroatoms. The Balaban J connectivity index is 1.86. The third-order valence-corrected chi connectivity index (χ3v) is 5.29. The van der Waals surface area contributed by atoms with Crippen LogP contribution in [0.5, 0.6) is 5.75 Å². The quantitative estimate of drug-likeness (QED) is 0.527. The predicted molar refractivity (Wildman–Crippen MR) is 106 cm³/mol. The van der Waals surface area contributed by atoms with Crippen LogP contribution in [0.15, 0.2) is 30.3 Å². The fourth-order valence-corrected chi connectivity index (χ4v) is 2.73. The minimum Gasteiger partial charge on any atom is -0.484 e. The van der Waals surface area contributed by atoms with E-state index in [1.807, 2.05) is 26.8 Å². The summed E-state index contributed by atoms with van der Waals surface area (Å²) >= 11 is 8.25. The van der Waals surface area contributed by atoms with E-state index in [1.54, 1.807) is 24.3 Å². The number of ether oxygens (including phenoxy) is 1. The number of benzene rings is 2. The van der Waals surface area contributed by atoms with Crippen molar-refractivity contribution in [1.29, 1.82) is 0 Å². The van der Waals surface area contributed by atoms with Gasteiger partial charge in [-0.1, -0.05) is 17.7 Å². The zero-order valence-corrected chi connectivity index (χ0v) is 17.0. The molecule has 0 atom stereocenters. The van der Waals surface area contributed by atoms with Gasteiger partial charge in [0.15, 0.2) is 6.61 Å². The molecule has 2 rings (SSSR count). The summed E-state index contributed by atoms with van der Waals surface area (Å²) < 4.78 is 6.41. The lowest BCUT2D eigenvalue weighted by Gasteiger charge is -2.11. The molecule has 0 spiro atoms. The molecule has 0 saturated heterocycles. The van der Waals surface area contributed by atoms with Crippen molar-refractivity contribution in [2.45, 2.75) is 20.8 Å². The zero-order chi connectivity index (χ0) is 18.6. The summed E-state index contributed by atoms with van der Waals surface area (Å²) in [6.45, 7) is 5.48. The number of hydrogen-bond donors (Lipinski definition) is 2. The fraction of sp³-hybridized carbons (Fsp3) is 0.222. The summed E-state index contributed by atoms with van der Waals surface area (Å²) in [5.41, 5.74) is 8.01. The Bertz CT molecular complexity index is 801. The number of carbonyl (C=O) groups is 2. The van der Waals surface area contributed by atoms with E-state index in [0.717, 1.165) is 20.3 Å². The maximum Gasteiger partial charge on any atom is 0.276 e. The highest BCUT2D eigenvalue weighted by atomic mass is 127. The minimum absolute atomic E-state index is 0.216. The van der Waals surface area contributed by atoms with Crippen molar-refractivity contribution in [1.82, 2.24) is 10.9 Å². The van der Waals surface area contributed by atoms with E-state index in [0.29, 0.717) is 16.3 Å². The summed E-state index contributed by atoms with van der Waals surface area (Å²) in [5.74, 6) is -0.293. The molecule has 0 heterocycles. The molecule has 132 valence electrons. The molecule has 0 aromatic heterocycles. The van der Waals surface area contributed by atoms with Crippen LogP contribution in [0.25, 0.3) is 0 Å². The Kier molecular flexibility index (Phi) is 6.66. The smallest absolute Gasteiger partial charge is 0.276 e. The number of nitrogens with one attached hydrogen (secondary N) is 2. The van der Waals surface area contributed by atoms with E-state index in [2.05, 4.69) is 33.4 Å². The van der Waals surface area contributed by atoms with Gasteiger partial charge in [-0.25, -0.2) is 0 Å². The molecule has 5 nitrogen and oxygen atoms in total. The summed E-state index contributed by atoms with van der Waals surface area (Å²) in [6, 6.07) is 8.83. The largest absolute Gasteiger partial charge is 0.484 e. The normalized spacial score (nSPS) is 10.3. The lowest BCUT2D eigenvalue weighted by Crippen LogP contribution is -2.43. The van der Waals surface area contributed by atoms with Gasteiger partial charge in [0.1, 0.15) is 5.75 Å². The molecule has 0 bridgehead atoms. The molecule has 0 fully saturated rings. The van der Waals surface area contributed by atoms with Crippen molar-refractivity contribution < 1.29 is 14.3 Å². The van der Waals surface area contributed by atoms with Crippen LogP contribution >= 0.6 is 34.2 Å². The van der Waals surface area contributed by atoms with Crippen molar-refractivity contribution >= 4 is 46.0 Å². The summed E-state index contributed by atoms with van der Waals surface area (Å²) in [4.78, 5) is 23.9. The molecule has 0 aliphatic rings. The average molecular weight is 473 g/mol. The van der Waals surface area contributed by atoms with E-state index in [-0.39, 0.29) is 12.5 Å². The summed E-state index contributed by atoms with van der Waals surface area (Å²) in [5, 5.41) is 0.678. The SMILES string of the molecule is Cc1ccc(C(=O)NNC(=O)COc2cc(C)c(Cl)c(C)c2)cc1I. The molecule has 2 aromatic rings. The van der Waals surface area contributed by atoms with Crippen LogP contribution < -0.4 is 15.6 Å². The number of halogens is 2. The number of hydrazine groups is 1. The van der Waals surface area contributed by atoms with Gasteiger partial charge in [-0.15, -0.1) is 0 Å². The first-order valence-corrected chi connectivity index (χ1v) is 8.98. The van der Waals surface area contributed by atoms with Crippen molar-refractivity contribution in [3.8, 4) is 5.75 Å². The highest BCUT2D eigenvalue weighted by Crippen LogP contribution is 2.25. The van der Waals surface area contributed by atoms with Gasteiger partial charge in [0, 0.05) is 14.2 Å². The van der Waals surface area contributed by atoms with Crippen LogP contribution in [-0.2, 0) is 4.79 Å². The second kappa shape index (κ2) is 8.53. The Labute approximate surface area is 165 Å². The predicted octanol–water partition coefficient (Wildman–Crippen LogP) is 3.71. The van der Waals surface area contributed by atoms with E-state index < -0.39 is 5.91 Å². The highest BCUT2D eigenvalue weighted by molar-refractivity contribution is 14.1. The third kappa shape index (κ3) is 5.34. The molecule has 0 saturated carbocycles. The molecule has 0 unspecified atom stereocenters. The minimum atomic E-state index is -0.458. The molecular formula is C18H18ClIN2O3. The molecular weight excluding hydrogens is 455 g/mol. The number of carbonyl (C=O) groups excluding carboxylic acids is 2. The van der Waals surface area contributed by atoms with E-state index in [4.69, 9.17) is 16.3 Å². The number of aryl methyl sites for hydroxylation is 3. The van der Waals surface area contributed by atoms with Gasteiger partial charge in [-0.2, -0.15) is 0 Å². The summed E-state index contributed by atoms with van der Waals surface area (Å²) in [6.07, 6.45) is 0. The Hall–Kier alpha value is -1.80. The number of rotatable bonds is 4. The first kappa shape index (κ1) is 19.5. The van der Waals surface area contributed by atoms with Gasteiger partial charge in [-0.05, 0) is 84.3 Å². The van der Waals surface area contributed by atoms with Gasteiger partial charge < -0.3 is 4.74 Å². The van der Waals surface area contributed by atoms with Crippen LogP contribution in [0, 0.1) is 24.3 Å². The highest BCUT2D eigenvalue weighted by Gasteiger charge is 2.10. The maximum atomic E-state index is 12.0. The van der Waals surface area contributed by atoms with Crippen molar-refractivity contribution in [3.63, 3.8) is 0 Å². The summed E-state index contributed by atoms with van der Waals surface area (Å²) in [7, 11) is 0. The van der Waals surface area contributed by atoms with Crippen molar-refractivity contribution in [2.24, 2.45) is 0 Å². The lowest BCUT2D eigenvalue weighted by molar-refractivity contribution is -0.123. The van der Waals surface area contributed by atoms with Crippen LogP contribution in [0.2, 0.25) is 5.02 Å². The van der Waals surface area contributed by atoms with E-state index in [9.17, 15) is 9.59 Å². The van der Waals surface area contributed by atoms with Crippen molar-refractivity contribution in [3.05, 3.63) is 61.2 Å². The lowest BCUT2D eigenvalue weighted by atomic mass is 10.1. The monoisotopic (exact) mass is 472 g/mol. The number of hydrogen-bond acceptors (Lipinski definition) is 3. The molecule has 0 aliphatic heterocycles. The molecule has 25 heavy (non-hydrogen) atoms. The van der Waals surface area contributed by atoms with E-state index >= 15 is 0 Å². The van der Waals surface area contributed by atoms with Gasteiger partial charge in [0.2, 0.25) is 0 Å². The molecule has 2 N–H and O–H groups in total. The Morgan fingerprint density at radius 2 is 1.68 bits per heavy atom. The van der Waals surface area contributed by atoms with Crippen LogP contribution in [0.3, 0.4) is 0 Å². The standard InChI is InChI=1S/C18H18ClIN2O3/c1-10-4-5-13(8-15(10)20)18(24)22-21-16(23)9-25-14-6-11(2)17(19)12(3)7-14/h4-8H,9H2,1-3H3,(H,21,23)(H,22,24). The Morgan fingerprint density at radius 1 is 1.04 bits per heavy atom. The van der Waals surface area contributed by atoms with Crippen LogP contribution in [0.1, 0.15) is 27.0 Å². The third-order valence-electron chi connectivity index (χ3n) is 3.53. The van der Waals surface area contributed by atoms with Crippen LogP contribution in [-0.4, -0.2) is 18.4 Å². The van der Waals surface area contributed by atoms with E-state index in [1.165, 1.54) is 0 Å². The second-order valence-corrected chi connectivity index (χ2v) is 7.17. The van der Waals surface area contributed by atoms with Gasteiger partial charge in [0.05, 0.1) is 0 Å². The fourth-order valence-electron chi connectivity index (χ4n) is 2.11. The van der Waals surface area contributed by atoms with Crippen LogP contribution in [0.4, 0.5) is 0 Å². The zero-order valence-electron chi connectivity index (χ0n) is 14.1. The molecule has 2 amide bonds. The van der Waals surface area contributed by atoms with Gasteiger partial charge >= 0.3 is 0 Å². The Morgan fingerprint density at radius 3 is 2.28 bits per heavy atom.